The highest BCUT2D eigenvalue weighted by atomic mass is 16.5. The van der Waals surface area contributed by atoms with E-state index in [4.69, 9.17) is 4.74 Å². The van der Waals surface area contributed by atoms with Crippen molar-refractivity contribution < 1.29 is 4.74 Å². The van der Waals surface area contributed by atoms with E-state index >= 15 is 0 Å². The van der Waals surface area contributed by atoms with Gasteiger partial charge in [-0.1, -0.05) is 30.3 Å². The van der Waals surface area contributed by atoms with Crippen LogP contribution >= 0.6 is 0 Å². The third-order valence-electron chi connectivity index (χ3n) is 4.14. The van der Waals surface area contributed by atoms with Crippen molar-refractivity contribution in [3.63, 3.8) is 0 Å². The van der Waals surface area contributed by atoms with Crippen LogP contribution in [0, 0.1) is 0 Å². The highest BCUT2D eigenvalue weighted by Crippen LogP contribution is 2.25. The van der Waals surface area contributed by atoms with Crippen LogP contribution in [0.2, 0.25) is 0 Å². The van der Waals surface area contributed by atoms with E-state index in [1.165, 1.54) is 6.33 Å². The number of benzene rings is 1. The van der Waals surface area contributed by atoms with E-state index in [-0.39, 0.29) is 5.56 Å². The van der Waals surface area contributed by atoms with Crippen molar-refractivity contribution in [3.05, 3.63) is 59.3 Å². The lowest BCUT2D eigenvalue weighted by Gasteiger charge is -2.11. The molecule has 0 amide bonds. The van der Waals surface area contributed by atoms with Crippen molar-refractivity contribution in [2.75, 3.05) is 13.7 Å². The van der Waals surface area contributed by atoms with Crippen LogP contribution in [-0.4, -0.2) is 37.9 Å². The Balaban J connectivity index is 2.02. The molecule has 0 aliphatic heterocycles. The Morgan fingerprint density at radius 2 is 2.00 bits per heavy atom. The molecule has 0 spiro atoms. The van der Waals surface area contributed by atoms with Crippen molar-refractivity contribution in [2.24, 2.45) is 0 Å². The summed E-state index contributed by atoms with van der Waals surface area (Å²) in [6, 6.07) is 11.6. The summed E-state index contributed by atoms with van der Waals surface area (Å²) in [5.74, 6) is 0.475. The minimum absolute atomic E-state index is 0.0858. The Morgan fingerprint density at radius 1 is 1.16 bits per heavy atom. The standard InChI is InChI=1S/C18H17N5O2/c1-25-11-5-9-22-10-8-14-15(17(22)24)16(13-6-3-2-4-7-13)23-18(21-14)19-12-20-23/h2-4,6-8,10,12H,5,9,11H2,1H3. The smallest absolute Gasteiger partial charge is 0.262 e. The summed E-state index contributed by atoms with van der Waals surface area (Å²) in [6.45, 7) is 1.20. The van der Waals surface area contributed by atoms with E-state index in [1.807, 2.05) is 36.4 Å². The zero-order valence-corrected chi connectivity index (χ0v) is 13.8. The average Bonchev–Trinajstić information content (AvgIpc) is 3.11. The number of hydrogen-bond donors (Lipinski definition) is 0. The van der Waals surface area contributed by atoms with Gasteiger partial charge >= 0.3 is 0 Å². The maximum atomic E-state index is 13.1. The molecule has 0 aliphatic carbocycles. The van der Waals surface area contributed by atoms with Gasteiger partial charge in [0.05, 0.1) is 16.6 Å². The molecule has 1 aromatic carbocycles. The quantitative estimate of drug-likeness (QED) is 0.522. The van der Waals surface area contributed by atoms with Gasteiger partial charge in [0.25, 0.3) is 11.3 Å². The lowest BCUT2D eigenvalue weighted by Crippen LogP contribution is -2.22. The lowest BCUT2D eigenvalue weighted by molar-refractivity contribution is 0.190. The summed E-state index contributed by atoms with van der Waals surface area (Å²) < 4.78 is 8.40. The molecule has 0 N–H and O–H groups in total. The minimum atomic E-state index is -0.0858. The Kier molecular flexibility index (Phi) is 3.99. The molecule has 0 bridgehead atoms. The Morgan fingerprint density at radius 3 is 2.80 bits per heavy atom. The molecule has 4 rings (SSSR count). The zero-order valence-electron chi connectivity index (χ0n) is 13.8. The summed E-state index contributed by atoms with van der Waals surface area (Å²) in [4.78, 5) is 21.8. The maximum Gasteiger partial charge on any atom is 0.262 e. The second-order valence-electron chi connectivity index (χ2n) is 5.72. The van der Waals surface area contributed by atoms with Gasteiger partial charge in [-0.05, 0) is 12.5 Å². The number of aryl methyl sites for hydroxylation is 1. The third kappa shape index (κ3) is 2.68. The van der Waals surface area contributed by atoms with Gasteiger partial charge in [-0.15, -0.1) is 0 Å². The number of aromatic nitrogens is 5. The van der Waals surface area contributed by atoms with Gasteiger partial charge in [0.15, 0.2) is 0 Å². The third-order valence-corrected chi connectivity index (χ3v) is 4.14. The van der Waals surface area contributed by atoms with Crippen LogP contribution in [0.4, 0.5) is 0 Å². The van der Waals surface area contributed by atoms with Crippen molar-refractivity contribution in [3.8, 4) is 11.3 Å². The normalized spacial score (nSPS) is 11.4. The number of ether oxygens (including phenoxy) is 1. The van der Waals surface area contributed by atoms with Gasteiger partial charge in [0.2, 0.25) is 0 Å². The molecule has 7 heteroatoms. The molecule has 4 aromatic rings. The van der Waals surface area contributed by atoms with E-state index in [0.29, 0.717) is 35.5 Å². The molecule has 0 radical (unpaired) electrons. The predicted octanol–water partition coefficient (Wildman–Crippen LogP) is 2.14. The Hall–Kier alpha value is -3.06. The Labute approximate surface area is 143 Å². The average molecular weight is 335 g/mol. The van der Waals surface area contributed by atoms with Gasteiger partial charge in [-0.25, -0.2) is 4.98 Å². The van der Waals surface area contributed by atoms with Crippen LogP contribution in [0.1, 0.15) is 6.42 Å². The maximum absolute atomic E-state index is 13.1. The fraction of sp³-hybridized carbons (Fsp3) is 0.222. The van der Waals surface area contributed by atoms with Crippen LogP contribution in [0.3, 0.4) is 0 Å². The highest BCUT2D eigenvalue weighted by Gasteiger charge is 2.16. The van der Waals surface area contributed by atoms with Crippen molar-refractivity contribution in [1.82, 2.24) is 24.1 Å². The molecule has 0 fully saturated rings. The van der Waals surface area contributed by atoms with Crippen LogP contribution in [0.15, 0.2) is 53.7 Å². The number of nitrogens with zero attached hydrogens (tertiary/aromatic N) is 5. The van der Waals surface area contributed by atoms with Gasteiger partial charge in [0, 0.05) is 32.0 Å². The number of hydrogen-bond acceptors (Lipinski definition) is 5. The van der Waals surface area contributed by atoms with E-state index in [1.54, 1.807) is 22.4 Å². The molecule has 0 saturated heterocycles. The molecular formula is C18H17N5O2. The molecule has 7 nitrogen and oxygen atoms in total. The van der Waals surface area contributed by atoms with Crippen molar-refractivity contribution >= 4 is 16.7 Å². The van der Waals surface area contributed by atoms with E-state index in [9.17, 15) is 4.79 Å². The van der Waals surface area contributed by atoms with E-state index in [0.717, 1.165) is 12.0 Å². The summed E-state index contributed by atoms with van der Waals surface area (Å²) in [5, 5.41) is 4.81. The first kappa shape index (κ1) is 15.5. The largest absolute Gasteiger partial charge is 0.385 e. The summed E-state index contributed by atoms with van der Waals surface area (Å²) in [5.41, 5.74) is 2.14. The van der Waals surface area contributed by atoms with Crippen LogP contribution in [0.5, 0.6) is 0 Å². The monoisotopic (exact) mass is 335 g/mol. The van der Waals surface area contributed by atoms with Crippen LogP contribution in [0.25, 0.3) is 27.9 Å². The topological polar surface area (TPSA) is 74.3 Å². The number of rotatable bonds is 5. The first-order chi connectivity index (χ1) is 12.3. The van der Waals surface area contributed by atoms with Gasteiger partial charge < -0.3 is 9.30 Å². The SMILES string of the molecule is COCCCn1ccc2nc3ncnn3c(-c3ccccc3)c2c1=O. The molecule has 0 unspecified atom stereocenters. The first-order valence-corrected chi connectivity index (χ1v) is 8.07. The predicted molar refractivity (Wildman–Crippen MR) is 94.5 cm³/mol. The summed E-state index contributed by atoms with van der Waals surface area (Å²) in [6.07, 6.45) is 3.99. The number of pyridine rings is 1. The number of fused-ring (bicyclic) bond motifs is 2. The molecule has 126 valence electrons. The summed E-state index contributed by atoms with van der Waals surface area (Å²) in [7, 11) is 1.65. The molecule has 0 atom stereocenters. The Bertz CT molecular complexity index is 1090. The van der Waals surface area contributed by atoms with Gasteiger partial charge in [-0.2, -0.15) is 14.6 Å². The van der Waals surface area contributed by atoms with Crippen LogP contribution < -0.4 is 5.56 Å². The van der Waals surface area contributed by atoms with Crippen molar-refractivity contribution in [1.29, 1.82) is 0 Å². The first-order valence-electron chi connectivity index (χ1n) is 8.07. The van der Waals surface area contributed by atoms with E-state index in [2.05, 4.69) is 15.1 Å². The fourth-order valence-electron chi connectivity index (χ4n) is 2.98. The second-order valence-corrected chi connectivity index (χ2v) is 5.72. The highest BCUT2D eigenvalue weighted by molar-refractivity contribution is 5.93. The minimum Gasteiger partial charge on any atom is -0.385 e. The van der Waals surface area contributed by atoms with Gasteiger partial charge in [-0.3, -0.25) is 4.79 Å². The molecule has 25 heavy (non-hydrogen) atoms. The van der Waals surface area contributed by atoms with Gasteiger partial charge in [0.1, 0.15) is 6.33 Å². The van der Waals surface area contributed by atoms with Crippen molar-refractivity contribution in [2.45, 2.75) is 13.0 Å². The summed E-state index contributed by atoms with van der Waals surface area (Å²) >= 11 is 0. The van der Waals surface area contributed by atoms with E-state index < -0.39 is 0 Å². The molecule has 3 aromatic heterocycles. The molecule has 3 heterocycles. The lowest BCUT2D eigenvalue weighted by atomic mass is 10.1. The fourth-order valence-corrected chi connectivity index (χ4v) is 2.98. The van der Waals surface area contributed by atoms with Crippen LogP contribution in [-0.2, 0) is 11.3 Å². The molecule has 0 saturated carbocycles. The molecular weight excluding hydrogens is 318 g/mol. The molecule has 0 aliphatic rings. The number of methoxy groups -OCH3 is 1. The zero-order chi connectivity index (χ0) is 17.2. The second kappa shape index (κ2) is 6.45.